The fourth-order valence-corrected chi connectivity index (χ4v) is 5.10. The Balaban J connectivity index is 1.31. The van der Waals surface area contributed by atoms with Gasteiger partial charge in [0.2, 0.25) is 16.2 Å². The SMILES string of the molecule is CC(NC(CNC(=O)CNC(O)c1cc(O)cc(NC2=NCC(O)CN2)c1)C(=O)O)C1=Nc2ccccc2C1=S(=O)=O. The van der Waals surface area contributed by atoms with Crippen molar-refractivity contribution in [2.45, 2.75) is 31.3 Å². The lowest BCUT2D eigenvalue weighted by Crippen LogP contribution is -2.53. The third-order valence-electron chi connectivity index (χ3n) is 6.39. The molecule has 4 unspecified atom stereocenters. The number of anilines is 1. The van der Waals surface area contributed by atoms with Crippen LogP contribution in [-0.4, -0.2) is 102 Å². The first-order chi connectivity index (χ1) is 20.0. The van der Waals surface area contributed by atoms with Gasteiger partial charge in [0.05, 0.1) is 30.6 Å². The number of hydrogen-bond acceptors (Lipinski definition) is 13. The van der Waals surface area contributed by atoms with E-state index in [0.717, 1.165) is 0 Å². The molecule has 224 valence electrons. The predicted octanol–water partition coefficient (Wildman–Crippen LogP) is -1.56. The number of aliphatic carboxylic acids is 1. The Morgan fingerprint density at radius 3 is 2.64 bits per heavy atom. The number of phenols is 1. The lowest BCUT2D eigenvalue weighted by atomic mass is 10.0. The third kappa shape index (κ3) is 7.68. The number of rotatable bonds is 11. The molecule has 0 spiro atoms. The van der Waals surface area contributed by atoms with Gasteiger partial charge in [0.1, 0.15) is 22.9 Å². The number of carbonyl (C=O) groups is 2. The number of aliphatic imine (C=N–C) groups is 2. The molecule has 16 heteroatoms. The number of para-hydroxylation sites is 1. The van der Waals surface area contributed by atoms with E-state index in [9.17, 15) is 38.4 Å². The maximum Gasteiger partial charge on any atom is 0.322 e. The predicted molar refractivity (Wildman–Crippen MR) is 155 cm³/mol. The minimum atomic E-state index is -2.61. The van der Waals surface area contributed by atoms with Gasteiger partial charge in [-0.2, -0.15) is 8.42 Å². The van der Waals surface area contributed by atoms with Crippen molar-refractivity contribution < 1.29 is 38.4 Å². The molecule has 2 aliphatic heterocycles. The van der Waals surface area contributed by atoms with Crippen molar-refractivity contribution >= 4 is 50.1 Å². The Bertz CT molecular complexity index is 1550. The zero-order valence-electron chi connectivity index (χ0n) is 22.4. The molecule has 15 nitrogen and oxygen atoms in total. The zero-order chi connectivity index (χ0) is 30.4. The van der Waals surface area contributed by atoms with E-state index in [1.54, 1.807) is 31.2 Å². The average Bonchev–Trinajstić information content (AvgIpc) is 3.35. The highest BCUT2D eigenvalue weighted by molar-refractivity contribution is 7.75. The van der Waals surface area contributed by atoms with Gasteiger partial charge >= 0.3 is 5.97 Å². The van der Waals surface area contributed by atoms with Crippen molar-refractivity contribution in [1.29, 1.82) is 0 Å². The normalized spacial score (nSPS) is 18.1. The second-order valence-electron chi connectivity index (χ2n) is 9.61. The molecule has 2 aromatic carbocycles. The van der Waals surface area contributed by atoms with E-state index in [0.29, 0.717) is 29.4 Å². The van der Waals surface area contributed by atoms with Crippen LogP contribution in [0.3, 0.4) is 0 Å². The molecule has 4 atom stereocenters. The number of hydrogen-bond donors (Lipinski definition) is 9. The van der Waals surface area contributed by atoms with Crippen molar-refractivity contribution in [1.82, 2.24) is 21.3 Å². The van der Waals surface area contributed by atoms with E-state index in [-0.39, 0.29) is 41.5 Å². The number of aliphatic hydroxyl groups excluding tert-OH is 2. The Hall–Kier alpha value is -4.35. The van der Waals surface area contributed by atoms with E-state index >= 15 is 0 Å². The van der Waals surface area contributed by atoms with Crippen LogP contribution < -0.4 is 26.6 Å². The van der Waals surface area contributed by atoms with Gasteiger partial charge in [-0.25, -0.2) is 4.99 Å². The van der Waals surface area contributed by atoms with Gasteiger partial charge in [0, 0.05) is 42.0 Å². The molecule has 0 aromatic heterocycles. The zero-order valence-corrected chi connectivity index (χ0v) is 23.2. The number of carbonyl (C=O) groups excluding carboxylic acids is 1. The van der Waals surface area contributed by atoms with Crippen LogP contribution in [0.1, 0.15) is 24.3 Å². The van der Waals surface area contributed by atoms with Gasteiger partial charge < -0.3 is 36.4 Å². The topological polar surface area (TPSA) is 234 Å². The molecule has 0 saturated carbocycles. The number of carboxylic acids is 1. The molecule has 2 heterocycles. The summed E-state index contributed by atoms with van der Waals surface area (Å²) in [6, 6.07) is 8.83. The monoisotopic (exact) mass is 601 g/mol. The highest BCUT2D eigenvalue weighted by atomic mass is 32.2. The standard InChI is InChI=1S/C26H31N7O8S/c1-13(22-23(42(40)41)18-4-2-3-5-19(18)33-22)31-20(25(38)39)11-27-21(36)12-28-24(37)14-6-15(8-16(34)7-14)32-26-29-9-17(35)10-30-26/h2-8,13,17,20,24,28,31,34-35,37H,9-12H2,1H3,(H,27,36)(H,38,39)(H2,29,30,32). The molecule has 9 N–H and O–H groups in total. The quantitative estimate of drug-likeness (QED) is 0.105. The first-order valence-electron chi connectivity index (χ1n) is 12.9. The van der Waals surface area contributed by atoms with Crippen molar-refractivity contribution in [2.24, 2.45) is 9.98 Å². The molecule has 0 saturated heterocycles. The average molecular weight is 602 g/mol. The molecular weight excluding hydrogens is 570 g/mol. The van der Waals surface area contributed by atoms with Crippen LogP contribution >= 0.6 is 0 Å². The number of carboxylic acid groups (broad SMARTS) is 1. The summed E-state index contributed by atoms with van der Waals surface area (Å²) >= 11 is 0. The number of guanidine groups is 1. The van der Waals surface area contributed by atoms with E-state index in [2.05, 4.69) is 36.6 Å². The number of nitrogens with zero attached hydrogens (tertiary/aromatic N) is 2. The second kappa shape index (κ2) is 13.5. The molecule has 1 amide bonds. The molecule has 0 radical (unpaired) electrons. The van der Waals surface area contributed by atoms with Crippen LogP contribution in [0.25, 0.3) is 0 Å². The summed E-state index contributed by atoms with van der Waals surface area (Å²) < 4.78 is 23.8. The molecular formula is C26H31N7O8S. The summed E-state index contributed by atoms with van der Waals surface area (Å²) in [6.07, 6.45) is -1.96. The number of nitrogens with one attached hydrogen (secondary N) is 5. The Morgan fingerprint density at radius 1 is 1.19 bits per heavy atom. The van der Waals surface area contributed by atoms with Gasteiger partial charge in [0.15, 0.2) is 5.96 Å². The first kappa shape index (κ1) is 30.6. The summed E-state index contributed by atoms with van der Waals surface area (Å²) in [5.74, 6) is -1.67. The molecule has 2 aliphatic rings. The number of phenolic OH excluding ortho intramolecular Hbond substituents is 1. The van der Waals surface area contributed by atoms with E-state index in [1.165, 1.54) is 18.2 Å². The summed E-state index contributed by atoms with van der Waals surface area (Å²) in [6.45, 7) is 1.36. The lowest BCUT2D eigenvalue weighted by Gasteiger charge is -2.21. The summed E-state index contributed by atoms with van der Waals surface area (Å²) in [5.41, 5.74) is 1.68. The number of aliphatic hydroxyl groups is 2. The van der Waals surface area contributed by atoms with Crippen LogP contribution in [0.4, 0.5) is 11.4 Å². The third-order valence-corrected chi connectivity index (χ3v) is 7.15. The van der Waals surface area contributed by atoms with E-state index < -0.39 is 46.6 Å². The highest BCUT2D eigenvalue weighted by Crippen LogP contribution is 2.27. The maximum absolute atomic E-state index is 12.4. The van der Waals surface area contributed by atoms with Gasteiger partial charge in [-0.05, 0) is 25.1 Å². The van der Waals surface area contributed by atoms with Crippen LogP contribution in [-0.2, 0) is 19.9 Å². The number of aromatic hydroxyl groups is 1. The minimum Gasteiger partial charge on any atom is -0.508 e. The molecule has 0 bridgehead atoms. The summed E-state index contributed by atoms with van der Waals surface area (Å²) in [4.78, 5) is 32.8. The Kier molecular flexibility index (Phi) is 9.87. The van der Waals surface area contributed by atoms with Crippen LogP contribution in [0.15, 0.2) is 52.4 Å². The lowest BCUT2D eigenvalue weighted by molar-refractivity contribution is -0.139. The highest BCUT2D eigenvalue weighted by Gasteiger charge is 2.30. The first-order valence-corrected chi connectivity index (χ1v) is 14.0. The van der Waals surface area contributed by atoms with Gasteiger partial charge in [-0.3, -0.25) is 25.2 Å². The van der Waals surface area contributed by atoms with Gasteiger partial charge in [-0.1, -0.05) is 18.2 Å². The van der Waals surface area contributed by atoms with E-state index in [4.69, 9.17) is 0 Å². The van der Waals surface area contributed by atoms with Crippen LogP contribution in [0, 0.1) is 0 Å². The van der Waals surface area contributed by atoms with Crippen LogP contribution in [0.5, 0.6) is 5.75 Å². The summed E-state index contributed by atoms with van der Waals surface area (Å²) in [5, 5.41) is 53.5. The second-order valence-corrected chi connectivity index (χ2v) is 10.5. The number of fused-ring (bicyclic) bond motifs is 1. The molecule has 42 heavy (non-hydrogen) atoms. The van der Waals surface area contributed by atoms with Crippen molar-refractivity contribution in [3.05, 3.63) is 53.6 Å². The largest absolute Gasteiger partial charge is 0.508 e. The van der Waals surface area contributed by atoms with Crippen molar-refractivity contribution in [3.63, 3.8) is 0 Å². The van der Waals surface area contributed by atoms with E-state index in [1.807, 2.05) is 0 Å². The number of amides is 1. The molecule has 0 aliphatic carbocycles. The Morgan fingerprint density at radius 2 is 1.95 bits per heavy atom. The fourth-order valence-electron chi connectivity index (χ4n) is 4.35. The van der Waals surface area contributed by atoms with Crippen molar-refractivity contribution in [3.8, 4) is 5.75 Å². The Labute approximate surface area is 241 Å². The van der Waals surface area contributed by atoms with Crippen LogP contribution in [0.2, 0.25) is 0 Å². The molecule has 0 fully saturated rings. The maximum atomic E-state index is 12.4. The molecule has 2 aromatic rings. The minimum absolute atomic E-state index is 0.0240. The fraction of sp³-hybridized carbons (Fsp3) is 0.346. The number of β-amino-alcohol motifs (C(OH)–C–C–N with tert-alkyl or cyclic N) is 1. The van der Waals surface area contributed by atoms with Gasteiger partial charge in [0.25, 0.3) is 0 Å². The number of benzene rings is 2. The smallest absolute Gasteiger partial charge is 0.322 e. The van der Waals surface area contributed by atoms with Crippen molar-refractivity contribution in [2.75, 3.05) is 31.5 Å². The molecule has 4 rings (SSSR count). The summed E-state index contributed by atoms with van der Waals surface area (Å²) in [7, 11) is -2.61. The van der Waals surface area contributed by atoms with Gasteiger partial charge in [-0.15, -0.1) is 0 Å².